The fourth-order valence-corrected chi connectivity index (χ4v) is 4.56. The lowest BCUT2D eigenvalue weighted by Gasteiger charge is -2.14. The summed E-state index contributed by atoms with van der Waals surface area (Å²) >= 11 is 0.864. The number of nitrogens with zero attached hydrogens (tertiary/aromatic N) is 1. The maximum atomic E-state index is 12.9. The summed E-state index contributed by atoms with van der Waals surface area (Å²) in [4.78, 5) is 39.4. The Kier molecular flexibility index (Phi) is 8.38. The Morgan fingerprint density at radius 3 is 2.37 bits per heavy atom. The third-order valence-electron chi connectivity index (χ3n) is 5.80. The summed E-state index contributed by atoms with van der Waals surface area (Å²) in [5, 5.41) is -0.358. The number of thioether (sulfide) groups is 1. The van der Waals surface area contributed by atoms with E-state index < -0.39 is 11.9 Å². The highest BCUT2D eigenvalue weighted by molar-refractivity contribution is 8.18. The average molecular weight is 534 g/mol. The van der Waals surface area contributed by atoms with Crippen LogP contribution < -0.4 is 18.9 Å². The molecule has 0 bridgehead atoms. The van der Waals surface area contributed by atoms with Crippen molar-refractivity contribution >= 4 is 35.0 Å². The first-order chi connectivity index (χ1) is 18.3. The van der Waals surface area contributed by atoms with Crippen molar-refractivity contribution in [3.8, 4) is 23.0 Å². The number of hydrogen-bond acceptors (Lipinski definition) is 8. The van der Waals surface area contributed by atoms with E-state index in [2.05, 4.69) is 0 Å². The molecule has 1 saturated heterocycles. The van der Waals surface area contributed by atoms with Crippen molar-refractivity contribution in [1.82, 2.24) is 4.90 Å². The molecule has 1 fully saturated rings. The first-order valence-electron chi connectivity index (χ1n) is 11.8. The molecule has 0 spiro atoms. The quantitative estimate of drug-likeness (QED) is 0.198. The average Bonchev–Trinajstić information content (AvgIpc) is 3.18. The van der Waals surface area contributed by atoms with Gasteiger partial charge in [0.25, 0.3) is 11.1 Å². The Hall–Kier alpha value is -4.24. The minimum Gasteiger partial charge on any atom is -0.497 e. The molecule has 3 aromatic rings. The van der Waals surface area contributed by atoms with Gasteiger partial charge in [-0.05, 0) is 90.8 Å². The van der Waals surface area contributed by atoms with Gasteiger partial charge in [-0.1, -0.05) is 18.2 Å². The van der Waals surface area contributed by atoms with E-state index in [1.165, 1.54) is 12.0 Å². The molecule has 0 atom stereocenters. The van der Waals surface area contributed by atoms with E-state index >= 15 is 0 Å². The van der Waals surface area contributed by atoms with Gasteiger partial charge in [-0.25, -0.2) is 4.79 Å². The van der Waals surface area contributed by atoms with E-state index in [-0.39, 0.29) is 29.0 Å². The lowest BCUT2D eigenvalue weighted by molar-refractivity contribution is -0.123. The van der Waals surface area contributed by atoms with Crippen LogP contribution in [0.1, 0.15) is 27.0 Å². The number of carbonyl (C=O) groups excluding carboxylic acids is 3. The number of carbonyl (C=O) groups is 3. The summed E-state index contributed by atoms with van der Waals surface area (Å²) in [6.07, 6.45) is 1.61. The lowest BCUT2D eigenvalue weighted by atomic mass is 10.1. The SMILES string of the molecule is COc1ccc(C(=O)Oc2ccc(/C=C3\SC(=O)N(CCOc4cc(C)ccc4C)C3=O)cc2OC)cc1. The first-order valence-corrected chi connectivity index (χ1v) is 12.6. The van der Waals surface area contributed by atoms with Gasteiger partial charge < -0.3 is 18.9 Å². The lowest BCUT2D eigenvalue weighted by Crippen LogP contribution is -2.32. The number of aryl methyl sites for hydroxylation is 2. The van der Waals surface area contributed by atoms with Gasteiger partial charge in [0.2, 0.25) is 0 Å². The van der Waals surface area contributed by atoms with Crippen LogP contribution >= 0.6 is 11.8 Å². The van der Waals surface area contributed by atoms with Gasteiger partial charge in [0.15, 0.2) is 11.5 Å². The summed E-state index contributed by atoms with van der Waals surface area (Å²) in [5.41, 5.74) is 3.02. The molecule has 196 valence electrons. The highest BCUT2D eigenvalue weighted by Gasteiger charge is 2.34. The van der Waals surface area contributed by atoms with Crippen molar-refractivity contribution < 1.29 is 33.3 Å². The van der Waals surface area contributed by atoms with Crippen molar-refractivity contribution in [3.05, 3.63) is 87.8 Å². The molecule has 0 aliphatic carbocycles. The van der Waals surface area contributed by atoms with Crippen LogP contribution in [0.15, 0.2) is 65.6 Å². The number of methoxy groups -OCH3 is 2. The predicted molar refractivity (Wildman–Crippen MR) is 145 cm³/mol. The van der Waals surface area contributed by atoms with Gasteiger partial charge >= 0.3 is 5.97 Å². The maximum Gasteiger partial charge on any atom is 0.343 e. The summed E-state index contributed by atoms with van der Waals surface area (Å²) in [7, 11) is 3.00. The number of benzene rings is 3. The third kappa shape index (κ3) is 6.18. The van der Waals surface area contributed by atoms with Crippen molar-refractivity contribution in [3.63, 3.8) is 0 Å². The largest absolute Gasteiger partial charge is 0.497 e. The molecule has 0 saturated carbocycles. The Morgan fingerprint density at radius 2 is 1.66 bits per heavy atom. The van der Waals surface area contributed by atoms with E-state index in [1.807, 2.05) is 32.0 Å². The maximum absolute atomic E-state index is 12.9. The van der Waals surface area contributed by atoms with Crippen molar-refractivity contribution in [2.75, 3.05) is 27.4 Å². The van der Waals surface area contributed by atoms with E-state index in [1.54, 1.807) is 55.7 Å². The molecule has 4 rings (SSSR count). The van der Waals surface area contributed by atoms with Crippen LogP contribution in [-0.2, 0) is 4.79 Å². The molecule has 0 radical (unpaired) electrons. The normalized spacial score (nSPS) is 14.1. The summed E-state index contributed by atoms with van der Waals surface area (Å²) in [6.45, 7) is 4.24. The third-order valence-corrected chi connectivity index (χ3v) is 6.71. The first kappa shape index (κ1) is 26.8. The van der Waals surface area contributed by atoms with E-state index in [9.17, 15) is 14.4 Å². The molecule has 2 amide bonds. The van der Waals surface area contributed by atoms with Crippen LogP contribution in [0.4, 0.5) is 4.79 Å². The zero-order chi connectivity index (χ0) is 27.2. The Bertz CT molecular complexity index is 1400. The molecule has 0 unspecified atom stereocenters. The summed E-state index contributed by atoms with van der Waals surface area (Å²) < 4.78 is 21.8. The van der Waals surface area contributed by atoms with Crippen molar-refractivity contribution in [2.45, 2.75) is 13.8 Å². The van der Waals surface area contributed by atoms with Crippen molar-refractivity contribution in [2.24, 2.45) is 0 Å². The molecular weight excluding hydrogens is 506 g/mol. The standard InChI is InChI=1S/C29H27NO7S/c1-18-5-6-19(2)24(15-18)36-14-13-30-27(31)26(38-29(30)33)17-20-7-12-23(25(16-20)35-4)37-28(32)21-8-10-22(34-3)11-9-21/h5-12,15-17H,13-14H2,1-4H3/b26-17-. The molecule has 1 heterocycles. The number of ether oxygens (including phenoxy) is 4. The van der Waals surface area contributed by atoms with Crippen LogP contribution in [0, 0.1) is 13.8 Å². The molecule has 9 heteroatoms. The van der Waals surface area contributed by atoms with Gasteiger partial charge in [-0.3, -0.25) is 14.5 Å². The number of amides is 2. The smallest absolute Gasteiger partial charge is 0.343 e. The van der Waals surface area contributed by atoms with Crippen LogP contribution in [0.25, 0.3) is 6.08 Å². The Labute approximate surface area is 225 Å². The Morgan fingerprint density at radius 1 is 0.895 bits per heavy atom. The Balaban J connectivity index is 1.42. The molecule has 3 aromatic carbocycles. The van der Waals surface area contributed by atoms with Crippen LogP contribution in [0.3, 0.4) is 0 Å². The summed E-state index contributed by atoms with van der Waals surface area (Å²) in [6, 6.07) is 17.3. The summed E-state index contributed by atoms with van der Waals surface area (Å²) in [5.74, 6) is 0.944. The number of rotatable bonds is 9. The molecule has 0 aromatic heterocycles. The molecule has 0 N–H and O–H groups in total. The van der Waals surface area contributed by atoms with Gasteiger partial charge in [0, 0.05) is 0 Å². The second-order valence-corrected chi connectivity index (χ2v) is 9.47. The monoisotopic (exact) mass is 533 g/mol. The number of hydrogen-bond donors (Lipinski definition) is 0. The molecule has 8 nitrogen and oxygen atoms in total. The van der Waals surface area contributed by atoms with Crippen LogP contribution in [-0.4, -0.2) is 49.4 Å². The number of imide groups is 1. The van der Waals surface area contributed by atoms with Gasteiger partial charge in [-0.2, -0.15) is 0 Å². The molecule has 1 aliphatic heterocycles. The van der Waals surface area contributed by atoms with Gasteiger partial charge in [0.1, 0.15) is 18.1 Å². The minimum atomic E-state index is -0.553. The molecule has 38 heavy (non-hydrogen) atoms. The second kappa shape index (κ2) is 11.9. The van der Waals surface area contributed by atoms with Crippen LogP contribution in [0.5, 0.6) is 23.0 Å². The predicted octanol–water partition coefficient (Wildman–Crippen LogP) is 5.66. The molecule has 1 aliphatic rings. The topological polar surface area (TPSA) is 91.4 Å². The van der Waals surface area contributed by atoms with Gasteiger partial charge in [-0.15, -0.1) is 0 Å². The van der Waals surface area contributed by atoms with E-state index in [0.717, 1.165) is 28.6 Å². The zero-order valence-electron chi connectivity index (χ0n) is 21.5. The highest BCUT2D eigenvalue weighted by atomic mass is 32.2. The van der Waals surface area contributed by atoms with Gasteiger partial charge in [0.05, 0.1) is 31.2 Å². The zero-order valence-corrected chi connectivity index (χ0v) is 22.3. The fourth-order valence-electron chi connectivity index (χ4n) is 3.70. The number of esters is 1. The van der Waals surface area contributed by atoms with Crippen molar-refractivity contribution in [1.29, 1.82) is 0 Å². The highest BCUT2D eigenvalue weighted by Crippen LogP contribution is 2.35. The minimum absolute atomic E-state index is 0.138. The van der Waals surface area contributed by atoms with Crippen LogP contribution in [0.2, 0.25) is 0 Å². The second-order valence-electron chi connectivity index (χ2n) is 8.48. The van der Waals surface area contributed by atoms with E-state index in [4.69, 9.17) is 18.9 Å². The van der Waals surface area contributed by atoms with E-state index in [0.29, 0.717) is 22.6 Å². The molecular formula is C29H27NO7S. The fraction of sp³-hybridized carbons (Fsp3) is 0.207.